The molecule has 1 fully saturated rings. The van der Waals surface area contributed by atoms with Crippen molar-refractivity contribution in [3.63, 3.8) is 0 Å². The lowest BCUT2D eigenvalue weighted by Crippen LogP contribution is -2.40. The number of amides is 1. The van der Waals surface area contributed by atoms with E-state index in [2.05, 4.69) is 5.32 Å². The van der Waals surface area contributed by atoms with Crippen molar-refractivity contribution in [2.45, 2.75) is 30.9 Å². The maximum Gasteiger partial charge on any atom is 0.235 e. The molecule has 1 aliphatic heterocycles. The van der Waals surface area contributed by atoms with E-state index in [1.807, 2.05) is 6.92 Å². The van der Waals surface area contributed by atoms with Crippen molar-refractivity contribution >= 4 is 17.7 Å². The third-order valence-electron chi connectivity index (χ3n) is 2.69. The molecule has 16 heavy (non-hydrogen) atoms. The zero-order valence-electron chi connectivity index (χ0n) is 9.83. The van der Waals surface area contributed by atoms with Crippen molar-refractivity contribution in [1.29, 1.82) is 0 Å². The summed E-state index contributed by atoms with van der Waals surface area (Å²) in [6.45, 7) is 3.69. The van der Waals surface area contributed by atoms with Gasteiger partial charge in [-0.1, -0.05) is 0 Å². The van der Waals surface area contributed by atoms with Crippen LogP contribution in [0.4, 0.5) is 0 Å². The molecule has 1 atom stereocenters. The van der Waals surface area contributed by atoms with E-state index < -0.39 is 0 Å². The topological polar surface area (TPSA) is 58.6 Å². The molecule has 5 heteroatoms. The fourth-order valence-electron chi connectivity index (χ4n) is 1.69. The molecule has 2 N–H and O–H groups in total. The Kier molecular flexibility index (Phi) is 6.16. The van der Waals surface area contributed by atoms with Gasteiger partial charge in [0.25, 0.3) is 0 Å². The highest BCUT2D eigenvalue weighted by atomic mass is 32.2. The van der Waals surface area contributed by atoms with Crippen LogP contribution in [0.5, 0.6) is 0 Å². The molecule has 0 aromatic heterocycles. The summed E-state index contributed by atoms with van der Waals surface area (Å²) in [5.74, 6) is 1.24. The Morgan fingerprint density at radius 1 is 1.56 bits per heavy atom. The molecule has 1 heterocycles. The van der Waals surface area contributed by atoms with Gasteiger partial charge in [0.1, 0.15) is 0 Å². The Bertz CT molecular complexity index is 217. The lowest BCUT2D eigenvalue weighted by molar-refractivity contribution is -0.123. The second-order valence-corrected chi connectivity index (χ2v) is 5.73. The SMILES string of the molecule is CC1(C(=O)NCCCOCCO)CCCS1. The summed E-state index contributed by atoms with van der Waals surface area (Å²) in [5.41, 5.74) is 0. The molecule has 1 aliphatic rings. The summed E-state index contributed by atoms with van der Waals surface area (Å²) in [7, 11) is 0. The number of hydrogen-bond acceptors (Lipinski definition) is 4. The lowest BCUT2D eigenvalue weighted by Gasteiger charge is -2.21. The van der Waals surface area contributed by atoms with E-state index >= 15 is 0 Å². The normalized spacial score (nSPS) is 24.6. The number of hydrogen-bond donors (Lipinski definition) is 2. The average Bonchev–Trinajstić information content (AvgIpc) is 2.71. The van der Waals surface area contributed by atoms with Crippen molar-refractivity contribution in [2.24, 2.45) is 0 Å². The summed E-state index contributed by atoms with van der Waals surface area (Å²) in [5, 5.41) is 11.4. The minimum absolute atomic E-state index is 0.0566. The molecule has 1 rings (SSSR count). The minimum atomic E-state index is -0.216. The Balaban J connectivity index is 2.06. The van der Waals surface area contributed by atoms with Crippen LogP contribution in [0.1, 0.15) is 26.2 Å². The van der Waals surface area contributed by atoms with Crippen LogP contribution in [0.2, 0.25) is 0 Å². The van der Waals surface area contributed by atoms with Gasteiger partial charge in [0.2, 0.25) is 5.91 Å². The maximum atomic E-state index is 11.8. The highest BCUT2D eigenvalue weighted by molar-refractivity contribution is 8.01. The van der Waals surface area contributed by atoms with Gasteiger partial charge in [-0.3, -0.25) is 4.79 Å². The number of aliphatic hydroxyl groups excluding tert-OH is 1. The van der Waals surface area contributed by atoms with E-state index in [1.54, 1.807) is 11.8 Å². The van der Waals surface area contributed by atoms with Crippen LogP contribution in [0.25, 0.3) is 0 Å². The molecule has 0 spiro atoms. The van der Waals surface area contributed by atoms with Gasteiger partial charge < -0.3 is 15.2 Å². The van der Waals surface area contributed by atoms with Crippen molar-refractivity contribution in [3.05, 3.63) is 0 Å². The van der Waals surface area contributed by atoms with E-state index in [1.165, 1.54) is 0 Å². The maximum absolute atomic E-state index is 11.8. The third-order valence-corrected chi connectivity index (χ3v) is 4.21. The number of aliphatic hydroxyl groups is 1. The van der Waals surface area contributed by atoms with E-state index in [0.717, 1.165) is 25.0 Å². The van der Waals surface area contributed by atoms with Gasteiger partial charge in [0.05, 0.1) is 18.0 Å². The molecule has 0 aliphatic carbocycles. The Hall–Kier alpha value is -0.260. The molecular weight excluding hydrogens is 226 g/mol. The molecule has 94 valence electrons. The monoisotopic (exact) mass is 247 g/mol. The Morgan fingerprint density at radius 3 is 3.00 bits per heavy atom. The first-order valence-electron chi connectivity index (χ1n) is 5.80. The molecule has 0 saturated carbocycles. The van der Waals surface area contributed by atoms with Crippen molar-refractivity contribution in [2.75, 3.05) is 32.1 Å². The molecule has 1 saturated heterocycles. The van der Waals surface area contributed by atoms with Crippen molar-refractivity contribution in [1.82, 2.24) is 5.32 Å². The zero-order chi connectivity index (χ0) is 11.9. The molecule has 0 bridgehead atoms. The summed E-state index contributed by atoms with van der Waals surface area (Å²) in [4.78, 5) is 11.8. The van der Waals surface area contributed by atoms with E-state index in [4.69, 9.17) is 9.84 Å². The van der Waals surface area contributed by atoms with Crippen LogP contribution in [0.3, 0.4) is 0 Å². The smallest absolute Gasteiger partial charge is 0.235 e. The molecule has 0 radical (unpaired) electrons. The molecule has 0 aromatic carbocycles. The lowest BCUT2D eigenvalue weighted by atomic mass is 10.1. The second kappa shape index (κ2) is 7.14. The first-order chi connectivity index (χ1) is 7.69. The van der Waals surface area contributed by atoms with Gasteiger partial charge in [0.15, 0.2) is 0 Å². The molecular formula is C11H21NO3S. The zero-order valence-corrected chi connectivity index (χ0v) is 10.6. The van der Waals surface area contributed by atoms with Gasteiger partial charge in [-0.15, -0.1) is 11.8 Å². The Labute approximate surface area is 101 Å². The van der Waals surface area contributed by atoms with E-state index in [-0.39, 0.29) is 17.3 Å². The third kappa shape index (κ3) is 4.31. The van der Waals surface area contributed by atoms with Crippen molar-refractivity contribution < 1.29 is 14.6 Å². The first kappa shape index (κ1) is 13.8. The number of ether oxygens (including phenoxy) is 1. The number of nitrogens with one attached hydrogen (secondary N) is 1. The Morgan fingerprint density at radius 2 is 2.38 bits per heavy atom. The number of carbonyl (C=O) groups excluding carboxylic acids is 1. The van der Waals surface area contributed by atoms with Gasteiger partial charge >= 0.3 is 0 Å². The number of thioether (sulfide) groups is 1. The summed E-state index contributed by atoms with van der Waals surface area (Å²) in [6.07, 6.45) is 2.91. The standard InChI is InChI=1S/C11H21NO3S/c1-11(4-2-9-16-11)10(14)12-5-3-7-15-8-6-13/h13H,2-9H2,1H3,(H,12,14). The van der Waals surface area contributed by atoms with Crippen molar-refractivity contribution in [3.8, 4) is 0 Å². The van der Waals surface area contributed by atoms with Crippen LogP contribution in [0, 0.1) is 0 Å². The number of carbonyl (C=O) groups is 1. The second-order valence-electron chi connectivity index (χ2n) is 4.13. The van der Waals surface area contributed by atoms with Crippen LogP contribution in [0.15, 0.2) is 0 Å². The van der Waals surface area contributed by atoms with Gasteiger partial charge in [-0.05, 0) is 31.9 Å². The van der Waals surface area contributed by atoms with Crippen LogP contribution < -0.4 is 5.32 Å². The summed E-state index contributed by atoms with van der Waals surface area (Å²) >= 11 is 1.75. The minimum Gasteiger partial charge on any atom is -0.394 e. The van der Waals surface area contributed by atoms with E-state index in [9.17, 15) is 4.79 Å². The number of rotatable bonds is 7. The highest BCUT2D eigenvalue weighted by Crippen LogP contribution is 2.37. The predicted molar refractivity (Wildman–Crippen MR) is 65.6 cm³/mol. The molecule has 0 aromatic rings. The average molecular weight is 247 g/mol. The van der Waals surface area contributed by atoms with Gasteiger partial charge in [0, 0.05) is 13.2 Å². The molecule has 1 unspecified atom stereocenters. The van der Waals surface area contributed by atoms with Crippen LogP contribution in [-0.4, -0.2) is 47.9 Å². The molecule has 1 amide bonds. The largest absolute Gasteiger partial charge is 0.394 e. The first-order valence-corrected chi connectivity index (χ1v) is 6.78. The van der Waals surface area contributed by atoms with Gasteiger partial charge in [-0.2, -0.15) is 0 Å². The predicted octanol–water partition coefficient (Wildman–Crippen LogP) is 0.787. The van der Waals surface area contributed by atoms with Crippen LogP contribution in [-0.2, 0) is 9.53 Å². The quantitative estimate of drug-likeness (QED) is 0.653. The highest BCUT2D eigenvalue weighted by Gasteiger charge is 2.36. The van der Waals surface area contributed by atoms with Crippen LogP contribution >= 0.6 is 11.8 Å². The van der Waals surface area contributed by atoms with E-state index in [0.29, 0.717) is 19.8 Å². The summed E-state index contributed by atoms with van der Waals surface area (Å²) in [6, 6.07) is 0. The van der Waals surface area contributed by atoms with Gasteiger partial charge in [-0.25, -0.2) is 0 Å². The molecule has 4 nitrogen and oxygen atoms in total. The fourth-order valence-corrected chi connectivity index (χ4v) is 2.92. The fraction of sp³-hybridized carbons (Fsp3) is 0.909. The summed E-state index contributed by atoms with van der Waals surface area (Å²) < 4.78 is 4.89.